The summed E-state index contributed by atoms with van der Waals surface area (Å²) >= 11 is 0. The second kappa shape index (κ2) is 6.06. The van der Waals surface area contributed by atoms with Gasteiger partial charge in [-0.15, -0.1) is 0 Å². The van der Waals surface area contributed by atoms with E-state index in [-0.39, 0.29) is 5.91 Å². The van der Waals surface area contributed by atoms with Crippen LogP contribution >= 0.6 is 0 Å². The minimum absolute atomic E-state index is 0.0248. The Hall–Kier alpha value is -1.55. The zero-order valence-corrected chi connectivity index (χ0v) is 11.9. The first-order valence-corrected chi connectivity index (χ1v) is 6.99. The van der Waals surface area contributed by atoms with Gasteiger partial charge in [-0.05, 0) is 51.0 Å². The third-order valence-electron chi connectivity index (χ3n) is 3.86. The van der Waals surface area contributed by atoms with Crippen LogP contribution in [0.15, 0.2) is 24.3 Å². The summed E-state index contributed by atoms with van der Waals surface area (Å²) in [5.41, 5.74) is 4.75. The number of hydrazine groups is 1. The molecule has 1 heterocycles. The predicted octanol–water partition coefficient (Wildman–Crippen LogP) is 2.64. The molecule has 1 amide bonds. The van der Waals surface area contributed by atoms with Crippen molar-refractivity contribution in [3.63, 3.8) is 0 Å². The van der Waals surface area contributed by atoms with Crippen LogP contribution in [-0.4, -0.2) is 30.0 Å². The minimum Gasteiger partial charge on any atom is -0.388 e. The van der Waals surface area contributed by atoms with Gasteiger partial charge in [0, 0.05) is 30.4 Å². The summed E-state index contributed by atoms with van der Waals surface area (Å²) in [5, 5.41) is 5.14. The SMILES string of the molecule is CNc1ccc(C(=O)NN2C(C)CCCC2C)cc1. The van der Waals surface area contributed by atoms with Crippen LogP contribution in [-0.2, 0) is 0 Å². The standard InChI is InChI=1S/C15H23N3O/c1-11-5-4-6-12(2)18(11)17-15(19)13-7-9-14(16-3)10-8-13/h7-12,16H,4-6H2,1-3H3,(H,17,19). The number of anilines is 1. The van der Waals surface area contributed by atoms with E-state index in [9.17, 15) is 4.79 Å². The number of rotatable bonds is 3. The molecule has 1 aliphatic heterocycles. The van der Waals surface area contributed by atoms with Crippen molar-refractivity contribution in [2.45, 2.75) is 45.2 Å². The lowest BCUT2D eigenvalue weighted by atomic mass is 10.00. The van der Waals surface area contributed by atoms with E-state index >= 15 is 0 Å². The smallest absolute Gasteiger partial charge is 0.265 e. The summed E-state index contributed by atoms with van der Waals surface area (Å²) < 4.78 is 0. The molecule has 104 valence electrons. The number of nitrogens with zero attached hydrogens (tertiary/aromatic N) is 1. The van der Waals surface area contributed by atoms with E-state index in [0.29, 0.717) is 17.6 Å². The lowest BCUT2D eigenvalue weighted by molar-refractivity contribution is 0.0370. The van der Waals surface area contributed by atoms with Gasteiger partial charge in [0.1, 0.15) is 0 Å². The average molecular weight is 261 g/mol. The van der Waals surface area contributed by atoms with Gasteiger partial charge in [-0.25, -0.2) is 5.01 Å². The number of amides is 1. The van der Waals surface area contributed by atoms with Crippen LogP contribution in [0.1, 0.15) is 43.5 Å². The number of nitrogens with one attached hydrogen (secondary N) is 2. The maximum atomic E-state index is 12.2. The van der Waals surface area contributed by atoms with Gasteiger partial charge >= 0.3 is 0 Å². The van der Waals surface area contributed by atoms with Crippen molar-refractivity contribution in [1.29, 1.82) is 0 Å². The first-order valence-electron chi connectivity index (χ1n) is 6.99. The zero-order chi connectivity index (χ0) is 13.8. The predicted molar refractivity (Wildman–Crippen MR) is 78.1 cm³/mol. The molecule has 2 atom stereocenters. The van der Waals surface area contributed by atoms with Crippen LogP contribution in [0.25, 0.3) is 0 Å². The van der Waals surface area contributed by atoms with Gasteiger partial charge in [-0.1, -0.05) is 6.42 Å². The van der Waals surface area contributed by atoms with Crippen LogP contribution in [0.2, 0.25) is 0 Å². The Morgan fingerprint density at radius 3 is 2.26 bits per heavy atom. The molecule has 0 bridgehead atoms. The van der Waals surface area contributed by atoms with Crippen molar-refractivity contribution in [2.24, 2.45) is 0 Å². The number of hydrogen-bond donors (Lipinski definition) is 2. The van der Waals surface area contributed by atoms with Crippen molar-refractivity contribution in [3.8, 4) is 0 Å². The van der Waals surface area contributed by atoms with Crippen molar-refractivity contribution < 1.29 is 4.79 Å². The van der Waals surface area contributed by atoms with E-state index in [1.807, 2.05) is 31.3 Å². The molecule has 0 aliphatic carbocycles. The van der Waals surface area contributed by atoms with E-state index in [1.165, 1.54) is 6.42 Å². The molecule has 2 rings (SSSR count). The second-order valence-corrected chi connectivity index (χ2v) is 5.30. The van der Waals surface area contributed by atoms with Crippen LogP contribution < -0.4 is 10.7 Å². The molecule has 4 nitrogen and oxygen atoms in total. The van der Waals surface area contributed by atoms with E-state index in [0.717, 1.165) is 18.5 Å². The third-order valence-corrected chi connectivity index (χ3v) is 3.86. The van der Waals surface area contributed by atoms with Gasteiger partial charge in [0.05, 0.1) is 0 Å². The molecular weight excluding hydrogens is 238 g/mol. The minimum atomic E-state index is -0.0248. The van der Waals surface area contributed by atoms with E-state index in [4.69, 9.17) is 0 Å². The van der Waals surface area contributed by atoms with Crippen LogP contribution in [0.5, 0.6) is 0 Å². The molecule has 19 heavy (non-hydrogen) atoms. The Balaban J connectivity index is 2.02. The quantitative estimate of drug-likeness (QED) is 0.879. The maximum absolute atomic E-state index is 12.2. The van der Waals surface area contributed by atoms with Gasteiger partial charge in [-0.2, -0.15) is 0 Å². The molecule has 1 aromatic carbocycles. The molecule has 1 aliphatic rings. The number of carbonyl (C=O) groups is 1. The van der Waals surface area contributed by atoms with Crippen molar-refractivity contribution in [3.05, 3.63) is 29.8 Å². The lowest BCUT2D eigenvalue weighted by Crippen LogP contribution is -2.54. The molecule has 1 aromatic rings. The summed E-state index contributed by atoms with van der Waals surface area (Å²) in [4.78, 5) is 12.2. The Labute approximate surface area is 115 Å². The van der Waals surface area contributed by atoms with Gasteiger partial charge in [0.25, 0.3) is 5.91 Å². The lowest BCUT2D eigenvalue weighted by Gasteiger charge is -2.38. The molecule has 2 N–H and O–H groups in total. The molecule has 0 spiro atoms. The molecule has 2 unspecified atom stereocenters. The van der Waals surface area contributed by atoms with Crippen LogP contribution in [0.3, 0.4) is 0 Å². The van der Waals surface area contributed by atoms with Gasteiger partial charge in [-0.3, -0.25) is 10.2 Å². The molecule has 0 aromatic heterocycles. The molecule has 1 fully saturated rings. The first kappa shape index (κ1) is 13.9. The normalized spacial score (nSPS) is 23.9. The van der Waals surface area contributed by atoms with Crippen molar-refractivity contribution >= 4 is 11.6 Å². The van der Waals surface area contributed by atoms with E-state index in [2.05, 4.69) is 29.6 Å². The molecule has 0 saturated carbocycles. The second-order valence-electron chi connectivity index (χ2n) is 5.30. The summed E-state index contributed by atoms with van der Waals surface area (Å²) in [6.45, 7) is 4.33. The van der Waals surface area contributed by atoms with Crippen molar-refractivity contribution in [2.75, 3.05) is 12.4 Å². The number of hydrogen-bond acceptors (Lipinski definition) is 3. The van der Waals surface area contributed by atoms with Crippen LogP contribution in [0, 0.1) is 0 Å². The van der Waals surface area contributed by atoms with Gasteiger partial charge < -0.3 is 5.32 Å². The number of carbonyl (C=O) groups excluding carboxylic acids is 1. The maximum Gasteiger partial charge on any atom is 0.265 e. The van der Waals surface area contributed by atoms with Gasteiger partial charge in [0.2, 0.25) is 0 Å². The van der Waals surface area contributed by atoms with Crippen LogP contribution in [0.4, 0.5) is 5.69 Å². The van der Waals surface area contributed by atoms with Crippen molar-refractivity contribution in [1.82, 2.24) is 10.4 Å². The molecule has 4 heteroatoms. The Kier molecular flexibility index (Phi) is 4.43. The largest absolute Gasteiger partial charge is 0.388 e. The highest BCUT2D eigenvalue weighted by molar-refractivity contribution is 5.94. The zero-order valence-electron chi connectivity index (χ0n) is 11.9. The van der Waals surface area contributed by atoms with Gasteiger partial charge in [0.15, 0.2) is 0 Å². The summed E-state index contributed by atoms with van der Waals surface area (Å²) in [6, 6.07) is 8.34. The third kappa shape index (κ3) is 3.26. The highest BCUT2D eigenvalue weighted by Gasteiger charge is 2.26. The number of benzene rings is 1. The fourth-order valence-corrected chi connectivity index (χ4v) is 2.61. The molecule has 1 saturated heterocycles. The molecular formula is C15H23N3O. The Morgan fingerprint density at radius 2 is 1.74 bits per heavy atom. The summed E-state index contributed by atoms with van der Waals surface area (Å²) in [5.74, 6) is -0.0248. The highest BCUT2D eigenvalue weighted by atomic mass is 16.2. The Morgan fingerprint density at radius 1 is 1.16 bits per heavy atom. The van der Waals surface area contributed by atoms with E-state index in [1.54, 1.807) is 0 Å². The monoisotopic (exact) mass is 261 g/mol. The Bertz CT molecular complexity index is 420. The summed E-state index contributed by atoms with van der Waals surface area (Å²) in [7, 11) is 1.87. The average Bonchev–Trinajstić information content (AvgIpc) is 2.43. The fraction of sp³-hybridized carbons (Fsp3) is 0.533. The molecule has 0 radical (unpaired) electrons. The number of piperidine rings is 1. The highest BCUT2D eigenvalue weighted by Crippen LogP contribution is 2.20. The first-order chi connectivity index (χ1) is 9.11. The van der Waals surface area contributed by atoms with E-state index < -0.39 is 0 Å². The topological polar surface area (TPSA) is 44.4 Å². The fourth-order valence-electron chi connectivity index (χ4n) is 2.61. The summed E-state index contributed by atoms with van der Waals surface area (Å²) in [6.07, 6.45) is 3.53.